The molecule has 0 aromatic carbocycles. The molecular weight excluding hydrogens is 536 g/mol. The maximum atomic E-state index is 12.2. The van der Waals surface area contributed by atoms with E-state index in [1.54, 1.807) is 0 Å². The molecule has 1 fully saturated rings. The van der Waals surface area contributed by atoms with Crippen LogP contribution in [0.25, 0.3) is 12.2 Å². The van der Waals surface area contributed by atoms with Crippen LogP contribution in [0, 0.1) is 6.92 Å². The zero-order valence-corrected chi connectivity index (χ0v) is 26.9. The molecule has 0 unspecified atom stereocenters. The average Bonchev–Trinajstić information content (AvgIpc) is 3.58. The van der Waals surface area contributed by atoms with Crippen LogP contribution in [0.1, 0.15) is 110 Å². The second-order valence-corrected chi connectivity index (χ2v) is 11.7. The Morgan fingerprint density at radius 3 is 1.47 bits per heavy atom. The van der Waals surface area contributed by atoms with Crippen LogP contribution in [0.2, 0.25) is 0 Å². The molecule has 0 saturated carbocycles. The second-order valence-electron chi connectivity index (χ2n) is 11.7. The van der Waals surface area contributed by atoms with E-state index in [9.17, 15) is 15.3 Å². The van der Waals surface area contributed by atoms with Crippen LogP contribution >= 0.6 is 0 Å². The normalized spacial score (nSPS) is 24.9. The summed E-state index contributed by atoms with van der Waals surface area (Å²) in [5, 5.41) is 39.1. The molecule has 4 N–H and O–H groups in total. The molecule has 4 aliphatic heterocycles. The number of aliphatic hydroxyl groups is 2. The Balaban J connectivity index is 1.92. The molecule has 1 aromatic heterocycles. The molecule has 0 amide bonds. The van der Waals surface area contributed by atoms with Crippen LogP contribution in [-0.2, 0) is 6.42 Å². The van der Waals surface area contributed by atoms with Gasteiger partial charge >= 0.3 is 0 Å². The lowest BCUT2D eigenvalue weighted by molar-refractivity contribution is -0.0953. The molecule has 7 heteroatoms. The maximum absolute atomic E-state index is 12.2. The van der Waals surface area contributed by atoms with Crippen LogP contribution in [0.3, 0.4) is 0 Å². The van der Waals surface area contributed by atoms with Crippen molar-refractivity contribution in [3.05, 3.63) is 79.7 Å². The van der Waals surface area contributed by atoms with Crippen molar-refractivity contribution in [3.63, 3.8) is 0 Å². The number of hydrogen-bond donors (Lipinski definition) is 4. The Hall–Kier alpha value is -3.55. The highest BCUT2D eigenvalue weighted by Gasteiger charge is 2.58. The SMILES string of the molecule is CCC1=C(CC)C2=NC1=Cc1nc(c(CC)c(C)c1O)C=C1N=C(C=C3NC(=C2)[C@](O)(CC)[C@]3(O)CC)C(CC)=C1CC. The van der Waals surface area contributed by atoms with E-state index in [0.717, 1.165) is 87.6 Å². The first-order valence-electron chi connectivity index (χ1n) is 16.0. The highest BCUT2D eigenvalue weighted by molar-refractivity contribution is 6.14. The number of nitrogens with zero attached hydrogens (tertiary/aromatic N) is 3. The fraction of sp³-hybridized carbons (Fsp3) is 0.472. The molecule has 43 heavy (non-hydrogen) atoms. The Morgan fingerprint density at radius 2 is 1.07 bits per heavy atom. The third-order valence-corrected chi connectivity index (χ3v) is 9.79. The molecule has 0 radical (unpaired) electrons. The number of allylic oxidation sites excluding steroid dienone is 6. The summed E-state index contributed by atoms with van der Waals surface area (Å²) < 4.78 is 0. The molecule has 8 bridgehead atoms. The summed E-state index contributed by atoms with van der Waals surface area (Å²) in [5.41, 5.74) is 8.61. The standard InChI is InChI=1S/C36H46N4O3/c1-9-21-20(8)34(41)31-17-28-23(11-3)25(13-5)30(38-28)19-33-36(43,15-7)35(42,14-6)32(40-33)18-29-24(12-4)22(10-2)27(37-29)16-26(21)39-31/h16-19,40-43H,9-15H2,1-8H3/t35-,36+/m0/s1. The van der Waals surface area contributed by atoms with Crippen molar-refractivity contribution >= 4 is 23.6 Å². The largest absolute Gasteiger partial charge is 0.505 e. The van der Waals surface area contributed by atoms with E-state index in [-0.39, 0.29) is 5.75 Å². The highest BCUT2D eigenvalue weighted by Crippen LogP contribution is 2.47. The highest BCUT2D eigenvalue weighted by atomic mass is 16.4. The number of fused-ring (bicyclic) bond motifs is 6. The molecular formula is C36H46N4O3. The number of rotatable bonds is 7. The number of pyridine rings is 1. The van der Waals surface area contributed by atoms with E-state index < -0.39 is 11.2 Å². The van der Waals surface area contributed by atoms with Gasteiger partial charge < -0.3 is 20.6 Å². The van der Waals surface area contributed by atoms with E-state index in [4.69, 9.17) is 15.0 Å². The monoisotopic (exact) mass is 582 g/mol. The summed E-state index contributed by atoms with van der Waals surface area (Å²) in [6.45, 7) is 16.3. The Labute approximate surface area is 256 Å². The second kappa shape index (κ2) is 11.5. The van der Waals surface area contributed by atoms with Crippen LogP contribution in [-0.4, -0.2) is 42.9 Å². The van der Waals surface area contributed by atoms with Gasteiger partial charge in [0.2, 0.25) is 0 Å². The van der Waals surface area contributed by atoms with Crippen LogP contribution < -0.4 is 5.32 Å². The lowest BCUT2D eigenvalue weighted by Crippen LogP contribution is -2.51. The van der Waals surface area contributed by atoms with Crippen molar-refractivity contribution in [1.82, 2.24) is 10.3 Å². The average molecular weight is 583 g/mol. The topological polar surface area (TPSA) is 110 Å². The first-order valence-corrected chi connectivity index (χ1v) is 16.0. The summed E-state index contributed by atoms with van der Waals surface area (Å²) >= 11 is 0. The number of aliphatic imine (C=N–C) groups is 2. The third kappa shape index (κ3) is 4.59. The van der Waals surface area contributed by atoms with E-state index >= 15 is 0 Å². The molecule has 0 aliphatic carbocycles. The third-order valence-electron chi connectivity index (χ3n) is 9.79. The number of aromatic hydroxyl groups is 1. The van der Waals surface area contributed by atoms with Gasteiger partial charge in [-0.15, -0.1) is 0 Å². The zero-order chi connectivity index (χ0) is 31.3. The maximum Gasteiger partial charge on any atom is 0.144 e. The Morgan fingerprint density at radius 1 is 0.628 bits per heavy atom. The van der Waals surface area contributed by atoms with Gasteiger partial charge in [0.15, 0.2) is 0 Å². The van der Waals surface area contributed by atoms with Crippen molar-refractivity contribution in [2.45, 2.75) is 112 Å². The van der Waals surface area contributed by atoms with Gasteiger partial charge in [0.25, 0.3) is 0 Å². The van der Waals surface area contributed by atoms with Crippen molar-refractivity contribution in [1.29, 1.82) is 0 Å². The lowest BCUT2D eigenvalue weighted by atomic mass is 9.77. The van der Waals surface area contributed by atoms with E-state index in [1.807, 2.05) is 45.1 Å². The summed E-state index contributed by atoms with van der Waals surface area (Å²) in [6, 6.07) is 0. The van der Waals surface area contributed by atoms with Gasteiger partial charge in [-0.25, -0.2) is 15.0 Å². The van der Waals surface area contributed by atoms with Gasteiger partial charge in [-0.3, -0.25) is 0 Å². The van der Waals surface area contributed by atoms with E-state index in [2.05, 4.69) is 39.9 Å². The van der Waals surface area contributed by atoms with Gasteiger partial charge in [0, 0.05) is 0 Å². The molecule has 7 nitrogen and oxygen atoms in total. The van der Waals surface area contributed by atoms with Crippen LogP contribution in [0.5, 0.6) is 5.75 Å². The lowest BCUT2D eigenvalue weighted by Gasteiger charge is -2.36. The summed E-state index contributed by atoms with van der Waals surface area (Å²) in [5.74, 6) is 0.164. The molecule has 4 aliphatic rings. The summed E-state index contributed by atoms with van der Waals surface area (Å²) in [7, 11) is 0. The Kier molecular flexibility index (Phi) is 8.27. The first kappa shape index (κ1) is 30.9. The van der Waals surface area contributed by atoms with E-state index in [1.165, 1.54) is 0 Å². The molecule has 0 spiro atoms. The number of aromatic nitrogens is 1. The first-order chi connectivity index (χ1) is 20.5. The minimum atomic E-state index is -1.54. The molecule has 228 valence electrons. The minimum Gasteiger partial charge on any atom is -0.505 e. The van der Waals surface area contributed by atoms with Gasteiger partial charge in [0.05, 0.1) is 39.9 Å². The quantitative estimate of drug-likeness (QED) is 0.273. The van der Waals surface area contributed by atoms with Gasteiger partial charge in [0.1, 0.15) is 22.6 Å². The van der Waals surface area contributed by atoms with Gasteiger partial charge in [-0.05, 0) is 110 Å². The molecule has 5 rings (SSSR count). The predicted molar refractivity (Wildman–Crippen MR) is 176 cm³/mol. The number of hydrogen-bond acceptors (Lipinski definition) is 7. The van der Waals surface area contributed by atoms with Crippen molar-refractivity contribution in [2.75, 3.05) is 0 Å². The minimum absolute atomic E-state index is 0.164. The molecule has 2 atom stereocenters. The molecule has 5 heterocycles. The van der Waals surface area contributed by atoms with Gasteiger partial charge in [-0.1, -0.05) is 48.5 Å². The molecule has 1 aromatic rings. The summed E-state index contributed by atoms with van der Waals surface area (Å²) in [4.78, 5) is 15.2. The van der Waals surface area contributed by atoms with Crippen LogP contribution in [0.15, 0.2) is 67.2 Å². The van der Waals surface area contributed by atoms with E-state index in [0.29, 0.717) is 36.4 Å². The fourth-order valence-electron chi connectivity index (χ4n) is 7.25. The van der Waals surface area contributed by atoms with Crippen LogP contribution in [0.4, 0.5) is 0 Å². The smallest absolute Gasteiger partial charge is 0.144 e. The number of nitrogens with one attached hydrogen (secondary N) is 1. The Bertz CT molecular complexity index is 1630. The predicted octanol–water partition coefficient (Wildman–Crippen LogP) is 7.15. The van der Waals surface area contributed by atoms with Gasteiger partial charge in [-0.2, -0.15) is 0 Å². The zero-order valence-electron chi connectivity index (χ0n) is 26.9. The van der Waals surface area contributed by atoms with Crippen molar-refractivity contribution in [3.8, 4) is 5.75 Å². The fourth-order valence-corrected chi connectivity index (χ4v) is 7.25. The summed E-state index contributed by atoms with van der Waals surface area (Å²) in [6.07, 6.45) is 12.2. The molecule has 1 saturated heterocycles. The van der Waals surface area contributed by atoms with Crippen molar-refractivity contribution < 1.29 is 15.3 Å². The van der Waals surface area contributed by atoms with Crippen molar-refractivity contribution in [2.24, 2.45) is 9.98 Å².